The first kappa shape index (κ1) is 40.7. The maximum Gasteiger partial charge on any atom is 0.0713 e. The van der Waals surface area contributed by atoms with Crippen molar-refractivity contribution in [3.63, 3.8) is 0 Å². The van der Waals surface area contributed by atoms with Crippen molar-refractivity contribution < 1.29 is 0 Å². The normalized spacial score (nSPS) is 13.8. The van der Waals surface area contributed by atoms with Crippen molar-refractivity contribution >= 4 is 59.3 Å². The van der Waals surface area contributed by atoms with E-state index in [1.54, 1.807) is 0 Å². The minimum atomic E-state index is -0.457. The predicted molar refractivity (Wildman–Crippen MR) is 297 cm³/mol. The highest BCUT2D eigenvalue weighted by atomic mass is 32.1. The van der Waals surface area contributed by atoms with E-state index >= 15 is 0 Å². The number of anilines is 3. The first-order valence-corrected chi connectivity index (χ1v) is 25.2. The quantitative estimate of drug-likeness (QED) is 0.154. The van der Waals surface area contributed by atoms with E-state index in [4.69, 9.17) is 0 Å². The summed E-state index contributed by atoms with van der Waals surface area (Å²) in [6.45, 7) is 4.72. The van der Waals surface area contributed by atoms with Gasteiger partial charge in [0, 0.05) is 32.3 Å². The molecule has 1 heterocycles. The molecule has 2 heteroatoms. The molecule has 70 heavy (non-hydrogen) atoms. The minimum Gasteiger partial charge on any atom is -0.309 e. The van der Waals surface area contributed by atoms with Crippen LogP contribution in [0.25, 0.3) is 75.5 Å². The molecule has 12 aromatic rings. The average molecular weight is 910 g/mol. The molecule has 0 N–H and O–H groups in total. The molecule has 330 valence electrons. The molecule has 0 spiro atoms. The summed E-state index contributed by atoms with van der Waals surface area (Å²) < 4.78 is 2.60. The SMILES string of the molecule is CC1(C)c2ccccc2-c2c(-c3ccc(N(c4ccc(-c5cccc6c5-c5ccccc5C6(c5ccccc5)c5ccccc5)cc4)c4cccc5c4sc4c6ccccc6ccc54)cc3)cccc21. The molecule has 0 bridgehead atoms. The van der Waals surface area contributed by atoms with Gasteiger partial charge in [0.25, 0.3) is 0 Å². The van der Waals surface area contributed by atoms with Crippen LogP contribution in [0.1, 0.15) is 47.2 Å². The molecule has 2 aliphatic rings. The number of hydrogen-bond donors (Lipinski definition) is 0. The zero-order chi connectivity index (χ0) is 46.6. The van der Waals surface area contributed by atoms with Crippen LogP contribution in [0.3, 0.4) is 0 Å². The summed E-state index contributed by atoms with van der Waals surface area (Å²) in [5.74, 6) is 0. The Labute approximate surface area is 413 Å². The second-order valence-corrected chi connectivity index (χ2v) is 20.5. The Morgan fingerprint density at radius 2 is 0.800 bits per heavy atom. The molecule has 1 nitrogen and oxygen atoms in total. The van der Waals surface area contributed by atoms with Crippen molar-refractivity contribution in [2.75, 3.05) is 4.90 Å². The highest BCUT2D eigenvalue weighted by molar-refractivity contribution is 7.27. The van der Waals surface area contributed by atoms with Gasteiger partial charge >= 0.3 is 0 Å². The Hall–Kier alpha value is -8.30. The van der Waals surface area contributed by atoms with Gasteiger partial charge in [0.1, 0.15) is 0 Å². The summed E-state index contributed by atoms with van der Waals surface area (Å²) in [6.07, 6.45) is 0. The van der Waals surface area contributed by atoms with Crippen molar-refractivity contribution in [3.05, 3.63) is 282 Å². The molecule has 0 amide bonds. The van der Waals surface area contributed by atoms with E-state index in [0.717, 1.165) is 11.4 Å². The van der Waals surface area contributed by atoms with E-state index < -0.39 is 5.41 Å². The summed E-state index contributed by atoms with van der Waals surface area (Å²) in [4.78, 5) is 2.47. The van der Waals surface area contributed by atoms with Crippen LogP contribution in [0.2, 0.25) is 0 Å². The van der Waals surface area contributed by atoms with E-state index in [0.29, 0.717) is 0 Å². The average Bonchev–Trinajstić information content (AvgIpc) is 4.04. The Balaban J connectivity index is 0.937. The molecule has 0 atom stereocenters. The largest absolute Gasteiger partial charge is 0.309 e. The second kappa shape index (κ2) is 15.6. The third kappa shape index (κ3) is 5.84. The molecular formula is C68H47NS. The standard InChI is InChI=1S/C68H47NS/c1-67(2)58-29-13-11-24-56(58)63-51(26-15-31-60(63)67)45-34-39-49(40-35-45)69(62-33-17-28-54-55-43-38-44-18-9-10-23-53(44)65(55)70-66(54)62)50-41-36-46(37-42-50)52-27-16-32-61-64(52)57-25-12-14-30-59(57)68(61,47-19-5-3-6-20-47)48-21-7-4-8-22-48/h3-43H,1-2H3. The third-order valence-electron chi connectivity index (χ3n) is 15.6. The minimum absolute atomic E-state index is 0.0603. The van der Waals surface area contributed by atoms with Crippen molar-refractivity contribution in [2.45, 2.75) is 24.7 Å². The monoisotopic (exact) mass is 909 g/mol. The fraction of sp³-hybridized carbons (Fsp3) is 0.0588. The molecule has 2 aliphatic carbocycles. The van der Waals surface area contributed by atoms with E-state index in [9.17, 15) is 0 Å². The smallest absolute Gasteiger partial charge is 0.0713 e. The summed E-state index contributed by atoms with van der Waals surface area (Å²) in [7, 11) is 0. The fourth-order valence-corrected chi connectivity index (χ4v) is 13.8. The summed E-state index contributed by atoms with van der Waals surface area (Å²) in [5, 5.41) is 5.14. The number of rotatable bonds is 7. The maximum absolute atomic E-state index is 2.47. The Morgan fingerprint density at radius 3 is 1.46 bits per heavy atom. The zero-order valence-electron chi connectivity index (χ0n) is 39.0. The van der Waals surface area contributed by atoms with Crippen LogP contribution >= 0.6 is 11.3 Å². The first-order chi connectivity index (χ1) is 34.5. The topological polar surface area (TPSA) is 3.24 Å². The highest BCUT2D eigenvalue weighted by Crippen LogP contribution is 2.59. The lowest BCUT2D eigenvalue weighted by Crippen LogP contribution is -2.28. The first-order valence-electron chi connectivity index (χ1n) is 24.4. The molecule has 1 aromatic heterocycles. The van der Waals surface area contributed by atoms with Gasteiger partial charge in [0.05, 0.1) is 15.8 Å². The van der Waals surface area contributed by atoms with Crippen LogP contribution in [0.4, 0.5) is 17.1 Å². The molecule has 0 unspecified atom stereocenters. The van der Waals surface area contributed by atoms with Gasteiger partial charge in [-0.25, -0.2) is 0 Å². The molecule has 0 fully saturated rings. The van der Waals surface area contributed by atoms with Crippen LogP contribution in [0.15, 0.2) is 249 Å². The maximum atomic E-state index is 2.47. The summed E-state index contributed by atoms with van der Waals surface area (Å²) in [6, 6.07) is 92.8. The lowest BCUT2D eigenvalue weighted by atomic mass is 9.67. The molecular weight excluding hydrogens is 863 g/mol. The van der Waals surface area contributed by atoms with Gasteiger partial charge in [0.15, 0.2) is 0 Å². The van der Waals surface area contributed by atoms with Crippen molar-refractivity contribution in [1.82, 2.24) is 0 Å². The predicted octanol–water partition coefficient (Wildman–Crippen LogP) is 18.7. The number of hydrogen-bond acceptors (Lipinski definition) is 2. The van der Waals surface area contributed by atoms with E-state index in [1.807, 2.05) is 11.3 Å². The molecule has 0 saturated carbocycles. The number of thiophene rings is 1. The van der Waals surface area contributed by atoms with Crippen LogP contribution in [0, 0.1) is 0 Å². The van der Waals surface area contributed by atoms with Gasteiger partial charge in [-0.05, 0) is 119 Å². The Bertz CT molecular complexity index is 3970. The van der Waals surface area contributed by atoms with E-state index in [-0.39, 0.29) is 5.41 Å². The van der Waals surface area contributed by atoms with Gasteiger partial charge in [-0.15, -0.1) is 11.3 Å². The van der Waals surface area contributed by atoms with E-state index in [1.165, 1.54) is 115 Å². The number of benzene rings is 11. The Kier molecular flexibility index (Phi) is 9.09. The molecule has 14 rings (SSSR count). The summed E-state index contributed by atoms with van der Waals surface area (Å²) >= 11 is 1.90. The molecule has 0 saturated heterocycles. The van der Waals surface area contributed by atoms with Crippen LogP contribution < -0.4 is 4.90 Å². The van der Waals surface area contributed by atoms with Crippen LogP contribution in [0.5, 0.6) is 0 Å². The third-order valence-corrected chi connectivity index (χ3v) is 16.8. The highest BCUT2D eigenvalue weighted by Gasteiger charge is 2.46. The number of fused-ring (bicyclic) bond motifs is 11. The lowest BCUT2D eigenvalue weighted by molar-refractivity contribution is 0.660. The van der Waals surface area contributed by atoms with E-state index in [2.05, 4.69) is 267 Å². The fourth-order valence-electron chi connectivity index (χ4n) is 12.4. The van der Waals surface area contributed by atoms with Crippen molar-refractivity contribution in [1.29, 1.82) is 0 Å². The van der Waals surface area contributed by atoms with Crippen LogP contribution in [-0.4, -0.2) is 0 Å². The van der Waals surface area contributed by atoms with Crippen molar-refractivity contribution in [2.24, 2.45) is 0 Å². The second-order valence-electron chi connectivity index (χ2n) is 19.5. The number of nitrogens with zero attached hydrogens (tertiary/aromatic N) is 1. The van der Waals surface area contributed by atoms with Gasteiger partial charge in [-0.3, -0.25) is 0 Å². The summed E-state index contributed by atoms with van der Waals surface area (Å²) in [5.41, 5.74) is 21.0. The van der Waals surface area contributed by atoms with Gasteiger partial charge < -0.3 is 4.90 Å². The molecule has 0 aliphatic heterocycles. The van der Waals surface area contributed by atoms with Gasteiger partial charge in [-0.2, -0.15) is 0 Å². The molecule has 11 aromatic carbocycles. The van der Waals surface area contributed by atoms with Gasteiger partial charge in [0.2, 0.25) is 0 Å². The zero-order valence-corrected chi connectivity index (χ0v) is 39.8. The van der Waals surface area contributed by atoms with Crippen LogP contribution in [-0.2, 0) is 10.8 Å². The lowest BCUT2D eigenvalue weighted by Gasteiger charge is -2.34. The molecule has 0 radical (unpaired) electrons. The van der Waals surface area contributed by atoms with Crippen molar-refractivity contribution in [3.8, 4) is 44.5 Å². The van der Waals surface area contributed by atoms with Gasteiger partial charge in [-0.1, -0.05) is 232 Å². The Morgan fingerprint density at radius 1 is 0.329 bits per heavy atom.